The fourth-order valence-corrected chi connectivity index (χ4v) is 1.81. The summed E-state index contributed by atoms with van der Waals surface area (Å²) in [5.41, 5.74) is 0.956. The Bertz CT molecular complexity index is 341. The molecule has 0 aromatic heterocycles. The molecule has 0 heterocycles. The quantitative estimate of drug-likeness (QED) is 0.703. The van der Waals surface area contributed by atoms with Gasteiger partial charge in [0, 0.05) is 0 Å². The SMILES string of the molecule is CCOC(=O)C(C)(C)CCCc1ccccc1. The minimum atomic E-state index is -0.370. The number of aryl methyl sites for hydroxylation is 1. The van der Waals surface area contributed by atoms with E-state index in [0.29, 0.717) is 6.61 Å². The molecule has 17 heavy (non-hydrogen) atoms. The van der Waals surface area contributed by atoms with Gasteiger partial charge in [-0.05, 0) is 45.6 Å². The average molecular weight is 234 g/mol. The predicted molar refractivity (Wildman–Crippen MR) is 69.8 cm³/mol. The lowest BCUT2D eigenvalue weighted by molar-refractivity contribution is -0.153. The summed E-state index contributed by atoms with van der Waals surface area (Å²) in [5, 5.41) is 0. The molecular weight excluding hydrogens is 212 g/mol. The minimum absolute atomic E-state index is 0.0898. The van der Waals surface area contributed by atoms with Crippen LogP contribution >= 0.6 is 0 Å². The van der Waals surface area contributed by atoms with E-state index in [0.717, 1.165) is 19.3 Å². The van der Waals surface area contributed by atoms with Gasteiger partial charge in [-0.15, -0.1) is 0 Å². The topological polar surface area (TPSA) is 26.3 Å². The third-order valence-electron chi connectivity index (χ3n) is 2.94. The first-order valence-electron chi connectivity index (χ1n) is 6.27. The lowest BCUT2D eigenvalue weighted by Gasteiger charge is -2.21. The molecule has 0 saturated heterocycles. The van der Waals surface area contributed by atoms with Crippen LogP contribution in [0.2, 0.25) is 0 Å². The van der Waals surface area contributed by atoms with Crippen molar-refractivity contribution in [3.8, 4) is 0 Å². The summed E-state index contributed by atoms with van der Waals surface area (Å²) in [6.07, 6.45) is 2.89. The summed E-state index contributed by atoms with van der Waals surface area (Å²) in [5.74, 6) is -0.0898. The highest BCUT2D eigenvalue weighted by Gasteiger charge is 2.28. The molecule has 0 radical (unpaired) electrons. The highest BCUT2D eigenvalue weighted by Crippen LogP contribution is 2.25. The van der Waals surface area contributed by atoms with Crippen molar-refractivity contribution in [2.45, 2.75) is 40.0 Å². The van der Waals surface area contributed by atoms with Crippen LogP contribution in [-0.2, 0) is 16.0 Å². The third kappa shape index (κ3) is 4.59. The number of carbonyl (C=O) groups is 1. The summed E-state index contributed by atoms with van der Waals surface area (Å²) in [7, 11) is 0. The second kappa shape index (κ2) is 6.43. The minimum Gasteiger partial charge on any atom is -0.466 e. The van der Waals surface area contributed by atoms with Crippen LogP contribution in [0, 0.1) is 5.41 Å². The van der Waals surface area contributed by atoms with Gasteiger partial charge in [0.2, 0.25) is 0 Å². The molecule has 0 N–H and O–H groups in total. The lowest BCUT2D eigenvalue weighted by Crippen LogP contribution is -2.26. The van der Waals surface area contributed by atoms with Gasteiger partial charge < -0.3 is 4.74 Å². The van der Waals surface area contributed by atoms with E-state index in [2.05, 4.69) is 12.1 Å². The normalized spacial score (nSPS) is 11.2. The Hall–Kier alpha value is -1.31. The molecule has 2 nitrogen and oxygen atoms in total. The molecule has 0 amide bonds. The van der Waals surface area contributed by atoms with E-state index in [4.69, 9.17) is 4.74 Å². The zero-order valence-electron chi connectivity index (χ0n) is 11.0. The molecule has 0 fully saturated rings. The van der Waals surface area contributed by atoms with Crippen molar-refractivity contribution in [3.63, 3.8) is 0 Å². The number of esters is 1. The summed E-state index contributed by atoms with van der Waals surface area (Å²) >= 11 is 0. The molecule has 1 aromatic carbocycles. The van der Waals surface area contributed by atoms with Crippen molar-refractivity contribution in [3.05, 3.63) is 35.9 Å². The number of hydrogen-bond donors (Lipinski definition) is 0. The van der Waals surface area contributed by atoms with E-state index in [-0.39, 0.29) is 11.4 Å². The van der Waals surface area contributed by atoms with Crippen molar-refractivity contribution in [2.75, 3.05) is 6.61 Å². The van der Waals surface area contributed by atoms with Gasteiger partial charge in [-0.3, -0.25) is 4.79 Å². The maximum Gasteiger partial charge on any atom is 0.311 e. The summed E-state index contributed by atoms with van der Waals surface area (Å²) in [4.78, 5) is 11.7. The van der Waals surface area contributed by atoms with E-state index in [1.54, 1.807) is 0 Å². The Morgan fingerprint density at radius 2 is 1.88 bits per heavy atom. The van der Waals surface area contributed by atoms with Gasteiger partial charge in [0.15, 0.2) is 0 Å². The molecule has 0 bridgehead atoms. The van der Waals surface area contributed by atoms with E-state index < -0.39 is 0 Å². The van der Waals surface area contributed by atoms with Crippen LogP contribution in [0.5, 0.6) is 0 Å². The second-order valence-electron chi connectivity index (χ2n) is 4.94. The highest BCUT2D eigenvalue weighted by atomic mass is 16.5. The molecule has 0 aliphatic carbocycles. The molecule has 0 spiro atoms. The first-order valence-corrected chi connectivity index (χ1v) is 6.27. The molecule has 0 unspecified atom stereocenters. The fraction of sp³-hybridized carbons (Fsp3) is 0.533. The van der Waals surface area contributed by atoms with E-state index >= 15 is 0 Å². The van der Waals surface area contributed by atoms with E-state index in [1.165, 1.54) is 5.56 Å². The van der Waals surface area contributed by atoms with Crippen LogP contribution in [0.25, 0.3) is 0 Å². The van der Waals surface area contributed by atoms with Gasteiger partial charge in [0.25, 0.3) is 0 Å². The van der Waals surface area contributed by atoms with Crippen molar-refractivity contribution in [2.24, 2.45) is 5.41 Å². The predicted octanol–water partition coefficient (Wildman–Crippen LogP) is 3.60. The van der Waals surface area contributed by atoms with E-state index in [1.807, 2.05) is 39.0 Å². The van der Waals surface area contributed by atoms with Crippen LogP contribution in [0.3, 0.4) is 0 Å². The zero-order chi connectivity index (χ0) is 12.7. The Labute approximate surface area is 104 Å². The van der Waals surface area contributed by atoms with Crippen LogP contribution in [0.15, 0.2) is 30.3 Å². The van der Waals surface area contributed by atoms with Gasteiger partial charge in [-0.25, -0.2) is 0 Å². The van der Waals surface area contributed by atoms with Gasteiger partial charge in [0.1, 0.15) is 0 Å². The number of benzene rings is 1. The molecule has 2 heteroatoms. The maximum atomic E-state index is 11.7. The zero-order valence-corrected chi connectivity index (χ0v) is 11.0. The van der Waals surface area contributed by atoms with Gasteiger partial charge in [-0.1, -0.05) is 30.3 Å². The third-order valence-corrected chi connectivity index (χ3v) is 2.94. The smallest absolute Gasteiger partial charge is 0.311 e. The standard InChI is InChI=1S/C15H22O2/c1-4-17-14(16)15(2,3)12-8-11-13-9-6-5-7-10-13/h5-7,9-10H,4,8,11-12H2,1-3H3. The van der Waals surface area contributed by atoms with Crippen LogP contribution in [0.1, 0.15) is 39.2 Å². The lowest BCUT2D eigenvalue weighted by atomic mass is 9.86. The summed E-state index contributed by atoms with van der Waals surface area (Å²) in [6, 6.07) is 10.4. The van der Waals surface area contributed by atoms with Crippen molar-refractivity contribution < 1.29 is 9.53 Å². The molecule has 1 rings (SSSR count). The van der Waals surface area contributed by atoms with E-state index in [9.17, 15) is 4.79 Å². The molecule has 1 aromatic rings. The summed E-state index contributed by atoms with van der Waals surface area (Å²) < 4.78 is 5.07. The number of ether oxygens (including phenoxy) is 1. The second-order valence-corrected chi connectivity index (χ2v) is 4.94. The van der Waals surface area contributed by atoms with Gasteiger partial charge in [-0.2, -0.15) is 0 Å². The Balaban J connectivity index is 2.37. The Kier molecular flexibility index (Phi) is 5.20. The van der Waals surface area contributed by atoms with Crippen molar-refractivity contribution in [1.82, 2.24) is 0 Å². The number of rotatable bonds is 6. The fourth-order valence-electron chi connectivity index (χ4n) is 1.81. The van der Waals surface area contributed by atoms with Gasteiger partial charge in [0.05, 0.1) is 12.0 Å². The van der Waals surface area contributed by atoms with Crippen molar-refractivity contribution in [1.29, 1.82) is 0 Å². The first kappa shape index (κ1) is 13.8. The van der Waals surface area contributed by atoms with Crippen LogP contribution < -0.4 is 0 Å². The Morgan fingerprint density at radius 1 is 1.24 bits per heavy atom. The number of carbonyl (C=O) groups excluding carboxylic acids is 1. The molecule has 94 valence electrons. The summed E-state index contributed by atoms with van der Waals surface area (Å²) in [6.45, 7) is 6.21. The van der Waals surface area contributed by atoms with Gasteiger partial charge >= 0.3 is 5.97 Å². The molecule has 0 aliphatic rings. The number of hydrogen-bond acceptors (Lipinski definition) is 2. The van der Waals surface area contributed by atoms with Crippen molar-refractivity contribution >= 4 is 5.97 Å². The first-order chi connectivity index (χ1) is 8.06. The Morgan fingerprint density at radius 3 is 2.47 bits per heavy atom. The average Bonchev–Trinajstić information content (AvgIpc) is 2.30. The molecule has 0 saturated carbocycles. The largest absolute Gasteiger partial charge is 0.466 e. The highest BCUT2D eigenvalue weighted by molar-refractivity contribution is 5.75. The van der Waals surface area contributed by atoms with Crippen LogP contribution in [-0.4, -0.2) is 12.6 Å². The maximum absolute atomic E-state index is 11.7. The van der Waals surface area contributed by atoms with Crippen LogP contribution in [0.4, 0.5) is 0 Å². The molecular formula is C15H22O2. The molecule has 0 aliphatic heterocycles. The monoisotopic (exact) mass is 234 g/mol. The molecule has 0 atom stereocenters.